The van der Waals surface area contributed by atoms with Crippen molar-refractivity contribution < 1.29 is 71.3 Å². The Hall–Kier alpha value is -2.97. The van der Waals surface area contributed by atoms with E-state index in [0.29, 0.717) is 6.42 Å². The maximum atomic E-state index is 14.7. The fourth-order valence-corrected chi connectivity index (χ4v) is 10.3. The maximum Gasteiger partial charge on any atom is 0.425 e. The maximum absolute atomic E-state index is 14.7. The number of fused-ring (bicyclic) bond motifs is 1. The smallest absolute Gasteiger partial charge is 0.425 e. The van der Waals surface area contributed by atoms with Crippen LogP contribution in [0.4, 0.5) is 4.79 Å². The number of cyclic esters (lactones) is 1. The second-order valence-corrected chi connectivity index (χ2v) is 18.5. The predicted molar refractivity (Wildman–Crippen MR) is 218 cm³/mol. The molecule has 4 aliphatic rings. The summed E-state index contributed by atoms with van der Waals surface area (Å²) >= 11 is 0. The fourth-order valence-electron chi connectivity index (χ4n) is 10.3. The molecule has 18 heteroatoms. The predicted octanol–water partition coefficient (Wildman–Crippen LogP) is 3.92. The van der Waals surface area contributed by atoms with Crippen molar-refractivity contribution in [2.75, 3.05) is 28.3 Å². The van der Waals surface area contributed by atoms with Crippen molar-refractivity contribution in [3.8, 4) is 0 Å². The number of ether oxygens (including phenoxy) is 10. The quantitative estimate of drug-likeness (QED) is 0.143. The van der Waals surface area contributed by atoms with Crippen LogP contribution in [0.3, 0.4) is 0 Å². The molecule has 5 unspecified atom stereocenters. The Labute approximate surface area is 361 Å². The van der Waals surface area contributed by atoms with E-state index in [1.54, 1.807) is 48.5 Å². The van der Waals surface area contributed by atoms with Gasteiger partial charge < -0.3 is 52.3 Å². The Morgan fingerprint density at radius 3 is 1.97 bits per heavy atom. The van der Waals surface area contributed by atoms with E-state index in [1.165, 1.54) is 28.1 Å². The van der Waals surface area contributed by atoms with Gasteiger partial charge >= 0.3 is 24.0 Å². The van der Waals surface area contributed by atoms with E-state index in [2.05, 4.69) is 0 Å². The van der Waals surface area contributed by atoms with Crippen LogP contribution in [0.25, 0.3) is 0 Å². The highest BCUT2D eigenvalue weighted by atomic mass is 16.7. The molecule has 4 saturated heterocycles. The molecule has 2 N–H and O–H groups in total. The van der Waals surface area contributed by atoms with Crippen molar-refractivity contribution >= 4 is 29.8 Å². The summed E-state index contributed by atoms with van der Waals surface area (Å²) in [7, 11) is 6.79. The number of Topliss-reactive ketones (excluding diaryl/α,β-unsaturated/α-hetero) is 1. The molecule has 0 aromatic carbocycles. The number of ketones is 1. The molecular formula is C43H73N3O15. The van der Waals surface area contributed by atoms with Crippen LogP contribution in [0.15, 0.2) is 0 Å². The Kier molecular flexibility index (Phi) is 16.5. The van der Waals surface area contributed by atoms with Gasteiger partial charge in [-0.25, -0.2) is 15.6 Å². The second-order valence-electron chi connectivity index (χ2n) is 18.5. The van der Waals surface area contributed by atoms with E-state index in [0.717, 1.165) is 5.01 Å². The monoisotopic (exact) mass is 872 g/mol. The first-order valence-corrected chi connectivity index (χ1v) is 21.5. The molecule has 4 fully saturated rings. The van der Waals surface area contributed by atoms with Gasteiger partial charge in [0.1, 0.15) is 23.5 Å². The number of rotatable bonds is 10. The molecule has 1 amide bonds. The third kappa shape index (κ3) is 10.5. The number of carbonyl (C=O) groups is 5. The molecule has 0 bridgehead atoms. The van der Waals surface area contributed by atoms with Gasteiger partial charge in [0.2, 0.25) is 0 Å². The summed E-state index contributed by atoms with van der Waals surface area (Å²) in [5.41, 5.74) is -3.89. The second kappa shape index (κ2) is 19.8. The van der Waals surface area contributed by atoms with Crippen molar-refractivity contribution in [2.45, 2.75) is 193 Å². The van der Waals surface area contributed by atoms with Gasteiger partial charge in [0, 0.05) is 52.2 Å². The molecule has 18 atom stereocenters. The van der Waals surface area contributed by atoms with Gasteiger partial charge in [0.05, 0.1) is 42.0 Å². The Balaban J connectivity index is 1.93. The number of hydrazine groups is 1. The van der Waals surface area contributed by atoms with Crippen molar-refractivity contribution in [1.29, 1.82) is 0 Å². The first-order chi connectivity index (χ1) is 28.3. The number of carbonyl (C=O) groups excluding carboxylic acids is 5. The fraction of sp³-hybridized carbons (Fsp3) is 0.884. The molecule has 0 aromatic heterocycles. The molecule has 4 rings (SSSR count). The highest BCUT2D eigenvalue weighted by Crippen LogP contribution is 2.44. The lowest BCUT2D eigenvalue weighted by Gasteiger charge is -2.50. The van der Waals surface area contributed by atoms with Crippen molar-refractivity contribution in [3.05, 3.63) is 0 Å². The van der Waals surface area contributed by atoms with Gasteiger partial charge in [-0.2, -0.15) is 0 Å². The van der Waals surface area contributed by atoms with Gasteiger partial charge in [0.25, 0.3) is 0 Å². The van der Waals surface area contributed by atoms with E-state index in [-0.39, 0.29) is 37.2 Å². The summed E-state index contributed by atoms with van der Waals surface area (Å²) in [6.45, 7) is 20.3. The van der Waals surface area contributed by atoms with Crippen molar-refractivity contribution in [3.63, 3.8) is 0 Å². The molecule has 350 valence electrons. The average Bonchev–Trinajstić information content (AvgIpc) is 3.41. The standard InChI is InChI=1S/C43H73N3O15/c1-17-30-43(12)35(46(44)40(51)61-43)23(4)32(49)21(2)19-41(10,52-15)36(60-39-34(56-27(8)47)29(45(13)14)18-22(3)54-39)24(5)33(25(6)38(50)58-30)59-31-20-42(11,53-16)37(26(7)55-31)57-28(9)48/h21-26,29-31,33-37,39H,17-20,44H2,1-16H3/t21-,22-,23+,24+,25-,26?,29+,30-,31?,33?,34-,35-,36-,37?,39+,41-,42?,43-/m1/s1. The van der Waals surface area contributed by atoms with Crippen LogP contribution in [0, 0.1) is 23.7 Å². The topological polar surface area (TPSA) is 210 Å². The lowest BCUT2D eigenvalue weighted by atomic mass is 9.73. The third-order valence-corrected chi connectivity index (χ3v) is 13.6. The number of hydrogen-bond donors (Lipinski definition) is 1. The van der Waals surface area contributed by atoms with E-state index in [1.807, 2.05) is 39.8 Å². The molecule has 0 radical (unpaired) electrons. The number of hydrogen-bond acceptors (Lipinski definition) is 17. The van der Waals surface area contributed by atoms with Gasteiger partial charge in [-0.15, -0.1) is 0 Å². The van der Waals surface area contributed by atoms with Gasteiger partial charge in [0.15, 0.2) is 30.4 Å². The summed E-state index contributed by atoms with van der Waals surface area (Å²) in [5.74, 6) is 0.983. The Morgan fingerprint density at radius 2 is 1.43 bits per heavy atom. The SMILES string of the molecule is CC[C@H]1OC(=O)[C@H](C)C(OC2CC(C)(OC)C(OC(C)=O)C(C)O2)[C@H](C)[C@@H](O[C@@H]2O[C@H](C)C[C@H](N(C)C)[C@H]2OC(C)=O)[C@](C)(OC)C[C@@H](C)C(=O)[C@H](C)[C@H]2N(N)C(=O)O[C@]12C. The molecule has 0 aromatic rings. The zero-order chi connectivity index (χ0) is 46.1. The van der Waals surface area contributed by atoms with Crippen LogP contribution >= 0.6 is 0 Å². The average molecular weight is 872 g/mol. The normalized spacial score (nSPS) is 44.1. The van der Waals surface area contributed by atoms with Crippen molar-refractivity contribution in [1.82, 2.24) is 9.91 Å². The summed E-state index contributed by atoms with van der Waals surface area (Å²) in [5, 5.41) is 0.909. The highest BCUT2D eigenvalue weighted by Gasteiger charge is 2.61. The summed E-state index contributed by atoms with van der Waals surface area (Å²) in [6, 6.07) is -1.30. The first-order valence-electron chi connectivity index (χ1n) is 21.5. The van der Waals surface area contributed by atoms with E-state index < -0.39 is 120 Å². The number of nitrogens with two attached hydrogens (primary N) is 1. The van der Waals surface area contributed by atoms with Gasteiger partial charge in [-0.3, -0.25) is 19.2 Å². The van der Waals surface area contributed by atoms with Crippen LogP contribution in [0.5, 0.6) is 0 Å². The molecular weight excluding hydrogens is 798 g/mol. The van der Waals surface area contributed by atoms with Crippen LogP contribution < -0.4 is 5.84 Å². The minimum absolute atomic E-state index is 0.0909. The third-order valence-electron chi connectivity index (χ3n) is 13.6. The van der Waals surface area contributed by atoms with Gasteiger partial charge in [-0.05, 0) is 74.9 Å². The largest absolute Gasteiger partial charge is 0.458 e. The lowest BCUT2D eigenvalue weighted by molar-refractivity contribution is -0.320. The van der Waals surface area contributed by atoms with E-state index >= 15 is 0 Å². The van der Waals surface area contributed by atoms with Crippen LogP contribution in [0.2, 0.25) is 0 Å². The van der Waals surface area contributed by atoms with Crippen LogP contribution in [-0.4, -0.2) is 152 Å². The van der Waals surface area contributed by atoms with E-state index in [9.17, 15) is 24.0 Å². The summed E-state index contributed by atoms with van der Waals surface area (Å²) < 4.78 is 63.0. The van der Waals surface area contributed by atoms with Crippen LogP contribution in [-0.2, 0) is 66.5 Å². The number of nitrogens with zero attached hydrogens (tertiary/aromatic N) is 2. The summed E-state index contributed by atoms with van der Waals surface area (Å²) in [4.78, 5) is 69.2. The number of esters is 3. The number of amides is 1. The Morgan fingerprint density at radius 1 is 0.836 bits per heavy atom. The molecule has 18 nitrogen and oxygen atoms in total. The summed E-state index contributed by atoms with van der Waals surface area (Å²) in [6.07, 6.45) is -7.85. The molecule has 61 heavy (non-hydrogen) atoms. The first kappa shape index (κ1) is 50.7. The zero-order valence-corrected chi connectivity index (χ0v) is 39.1. The lowest BCUT2D eigenvalue weighted by Crippen LogP contribution is -2.62. The van der Waals surface area contributed by atoms with Crippen LogP contribution in [0.1, 0.15) is 109 Å². The molecule has 0 saturated carbocycles. The molecule has 0 aliphatic carbocycles. The number of likely N-dealkylation sites (N-methyl/N-ethyl adjacent to an activating group) is 1. The number of methoxy groups -OCH3 is 2. The molecule has 0 spiro atoms. The highest BCUT2D eigenvalue weighted by molar-refractivity contribution is 5.85. The van der Waals surface area contributed by atoms with Crippen molar-refractivity contribution in [2.24, 2.45) is 29.5 Å². The minimum atomic E-state index is -1.51. The Bertz CT molecular complexity index is 1580. The van der Waals surface area contributed by atoms with E-state index in [4.69, 9.17) is 53.2 Å². The molecule has 4 aliphatic heterocycles. The molecule has 4 heterocycles. The van der Waals surface area contributed by atoms with Gasteiger partial charge in [-0.1, -0.05) is 27.7 Å². The zero-order valence-electron chi connectivity index (χ0n) is 39.1. The minimum Gasteiger partial charge on any atom is -0.458 e.